The summed E-state index contributed by atoms with van der Waals surface area (Å²) in [7, 11) is 0. The molecule has 0 spiro atoms. The summed E-state index contributed by atoms with van der Waals surface area (Å²) in [5, 5.41) is 8.79. The van der Waals surface area contributed by atoms with Crippen molar-refractivity contribution in [3.05, 3.63) is 36.0 Å². The van der Waals surface area contributed by atoms with E-state index in [9.17, 15) is 0 Å². The lowest BCUT2D eigenvalue weighted by molar-refractivity contribution is 0.228. The van der Waals surface area contributed by atoms with Crippen LogP contribution in [-0.4, -0.2) is 0 Å². The van der Waals surface area contributed by atoms with Gasteiger partial charge >= 0.3 is 0 Å². The first-order valence-electron chi connectivity index (χ1n) is 5.88. The monoisotopic (exact) mass is 217 g/mol. The van der Waals surface area contributed by atoms with Gasteiger partial charge in [-0.25, -0.2) is 0 Å². The Bertz CT molecular complexity index is 345. The Morgan fingerprint density at radius 3 is 2.19 bits per heavy atom. The fraction of sp³-hybridized carbons (Fsp3) is 0.533. The van der Waals surface area contributed by atoms with Crippen molar-refractivity contribution in [3.8, 4) is 6.07 Å². The molecule has 1 heteroatoms. The van der Waals surface area contributed by atoms with Crippen LogP contribution in [0.1, 0.15) is 41.5 Å². The largest absolute Gasteiger partial charge is 0.192 e. The Morgan fingerprint density at radius 1 is 1.19 bits per heavy atom. The van der Waals surface area contributed by atoms with Crippen molar-refractivity contribution in [2.24, 2.45) is 10.8 Å². The van der Waals surface area contributed by atoms with Gasteiger partial charge in [0.2, 0.25) is 0 Å². The van der Waals surface area contributed by atoms with Gasteiger partial charge in [-0.05, 0) is 17.6 Å². The van der Waals surface area contributed by atoms with Gasteiger partial charge < -0.3 is 0 Å². The summed E-state index contributed by atoms with van der Waals surface area (Å²) in [6, 6.07) is 2.16. The van der Waals surface area contributed by atoms with E-state index in [1.165, 1.54) is 0 Å². The molecule has 0 fully saturated rings. The average Bonchev–Trinajstić information content (AvgIpc) is 2.43. The molecule has 0 bridgehead atoms. The fourth-order valence-electron chi connectivity index (χ4n) is 1.30. The minimum Gasteiger partial charge on any atom is -0.192 e. The third-order valence-electron chi connectivity index (χ3n) is 3.07. The van der Waals surface area contributed by atoms with Crippen molar-refractivity contribution >= 4 is 0 Å². The number of rotatable bonds is 0. The van der Waals surface area contributed by atoms with Crippen molar-refractivity contribution in [2.45, 2.75) is 41.5 Å². The smallest absolute Gasteiger partial charge is 0.0991 e. The van der Waals surface area contributed by atoms with Gasteiger partial charge in [-0.2, -0.15) is 5.26 Å². The molecule has 1 aliphatic carbocycles. The normalized spacial score (nSPS) is 23.7. The van der Waals surface area contributed by atoms with E-state index >= 15 is 0 Å². The van der Waals surface area contributed by atoms with Crippen LogP contribution in [0.5, 0.6) is 0 Å². The standard InChI is InChI=1S/C13H17N.C2H6/c1-12(2,3)13(4)8-5-6-11(10-14)7-9-13;1-2/h5-9H,1-4H3;1-2H3. The minimum atomic E-state index is 0.0160. The van der Waals surface area contributed by atoms with E-state index in [-0.39, 0.29) is 10.8 Å². The van der Waals surface area contributed by atoms with E-state index in [4.69, 9.17) is 5.26 Å². The van der Waals surface area contributed by atoms with Crippen LogP contribution < -0.4 is 0 Å². The van der Waals surface area contributed by atoms with Crippen LogP contribution in [0.15, 0.2) is 36.0 Å². The number of nitriles is 1. The van der Waals surface area contributed by atoms with Gasteiger partial charge in [-0.3, -0.25) is 0 Å². The first kappa shape index (κ1) is 14.7. The molecule has 0 aromatic rings. The van der Waals surface area contributed by atoms with Gasteiger partial charge in [0, 0.05) is 5.41 Å². The van der Waals surface area contributed by atoms with Crippen molar-refractivity contribution in [2.75, 3.05) is 0 Å². The second-order valence-electron chi connectivity index (χ2n) is 4.96. The third-order valence-corrected chi connectivity index (χ3v) is 3.07. The molecule has 1 atom stereocenters. The molecular formula is C15H23N. The maximum absolute atomic E-state index is 8.79. The first-order valence-corrected chi connectivity index (χ1v) is 5.88. The zero-order valence-corrected chi connectivity index (χ0v) is 11.3. The summed E-state index contributed by atoms with van der Waals surface area (Å²) >= 11 is 0. The van der Waals surface area contributed by atoms with Crippen molar-refractivity contribution in [1.29, 1.82) is 5.26 Å². The summed E-state index contributed by atoms with van der Waals surface area (Å²) in [4.78, 5) is 0. The number of allylic oxidation sites excluding steroid dienone is 6. The maximum Gasteiger partial charge on any atom is 0.0991 e. The van der Waals surface area contributed by atoms with Crippen LogP contribution in [0, 0.1) is 22.2 Å². The van der Waals surface area contributed by atoms with E-state index < -0.39 is 0 Å². The molecule has 16 heavy (non-hydrogen) atoms. The number of hydrogen-bond donors (Lipinski definition) is 0. The molecule has 1 nitrogen and oxygen atoms in total. The predicted octanol–water partition coefficient (Wildman–Crippen LogP) is 4.64. The molecule has 0 aromatic heterocycles. The summed E-state index contributed by atoms with van der Waals surface area (Å²) in [5.41, 5.74) is 0.898. The average molecular weight is 217 g/mol. The lowest BCUT2D eigenvalue weighted by atomic mass is 9.68. The van der Waals surface area contributed by atoms with E-state index in [0.717, 1.165) is 0 Å². The number of hydrogen-bond acceptors (Lipinski definition) is 1. The van der Waals surface area contributed by atoms with Crippen molar-refractivity contribution in [3.63, 3.8) is 0 Å². The highest BCUT2D eigenvalue weighted by atomic mass is 14.4. The molecular weight excluding hydrogens is 194 g/mol. The topological polar surface area (TPSA) is 23.8 Å². The third kappa shape index (κ3) is 3.38. The lowest BCUT2D eigenvalue weighted by Crippen LogP contribution is -2.28. The van der Waals surface area contributed by atoms with Crippen molar-refractivity contribution in [1.82, 2.24) is 0 Å². The van der Waals surface area contributed by atoms with E-state index in [0.29, 0.717) is 5.57 Å². The van der Waals surface area contributed by atoms with Gasteiger partial charge in [0.05, 0.1) is 11.6 Å². The van der Waals surface area contributed by atoms with Gasteiger partial charge in [0.15, 0.2) is 0 Å². The molecule has 0 radical (unpaired) electrons. The Hall–Kier alpha value is -1.29. The Balaban J connectivity index is 0.00000106. The predicted molar refractivity (Wildman–Crippen MR) is 70.9 cm³/mol. The Morgan fingerprint density at radius 2 is 1.75 bits per heavy atom. The highest BCUT2D eigenvalue weighted by Crippen LogP contribution is 2.41. The summed E-state index contributed by atoms with van der Waals surface area (Å²) in [5.74, 6) is 0. The van der Waals surface area contributed by atoms with Crippen LogP contribution in [0.3, 0.4) is 0 Å². The molecule has 0 aliphatic heterocycles. The zero-order valence-electron chi connectivity index (χ0n) is 11.3. The summed E-state index contributed by atoms with van der Waals surface area (Å²) in [6.07, 6.45) is 10.0. The summed E-state index contributed by atoms with van der Waals surface area (Å²) < 4.78 is 0. The van der Waals surface area contributed by atoms with Crippen LogP contribution in [0.4, 0.5) is 0 Å². The molecule has 1 aliphatic rings. The highest BCUT2D eigenvalue weighted by molar-refractivity contribution is 5.40. The zero-order chi connectivity index (χ0) is 12.8. The van der Waals surface area contributed by atoms with E-state index in [2.05, 4.69) is 45.9 Å². The molecule has 0 amide bonds. The van der Waals surface area contributed by atoms with E-state index in [1.807, 2.05) is 32.1 Å². The van der Waals surface area contributed by atoms with Gasteiger partial charge in [0.25, 0.3) is 0 Å². The Kier molecular flexibility index (Phi) is 5.24. The molecule has 1 rings (SSSR count). The molecule has 0 aromatic carbocycles. The molecule has 88 valence electrons. The SMILES string of the molecule is CC.CC(C)(C)C1(C)C=CC=C(C#N)C=C1. The number of nitrogens with zero attached hydrogens (tertiary/aromatic N) is 1. The van der Waals surface area contributed by atoms with Gasteiger partial charge in [-0.1, -0.05) is 59.8 Å². The summed E-state index contributed by atoms with van der Waals surface area (Å²) in [6.45, 7) is 12.8. The minimum absolute atomic E-state index is 0.0160. The molecule has 0 saturated carbocycles. The second-order valence-corrected chi connectivity index (χ2v) is 4.96. The molecule has 0 heterocycles. The van der Waals surface area contributed by atoms with Gasteiger partial charge in [-0.15, -0.1) is 0 Å². The quantitative estimate of drug-likeness (QED) is 0.580. The fourth-order valence-corrected chi connectivity index (χ4v) is 1.30. The molecule has 0 N–H and O–H groups in total. The van der Waals surface area contributed by atoms with Crippen LogP contribution >= 0.6 is 0 Å². The first-order chi connectivity index (χ1) is 7.39. The van der Waals surface area contributed by atoms with Crippen molar-refractivity contribution < 1.29 is 0 Å². The maximum atomic E-state index is 8.79. The van der Waals surface area contributed by atoms with Crippen LogP contribution in [-0.2, 0) is 0 Å². The van der Waals surface area contributed by atoms with E-state index in [1.54, 1.807) is 0 Å². The Labute approximate surface area is 100 Å². The highest BCUT2D eigenvalue weighted by Gasteiger charge is 2.32. The van der Waals surface area contributed by atoms with Gasteiger partial charge in [0.1, 0.15) is 0 Å². The van der Waals surface area contributed by atoms with Crippen LogP contribution in [0.25, 0.3) is 0 Å². The second kappa shape index (κ2) is 5.70. The molecule has 0 saturated heterocycles. The lowest BCUT2D eigenvalue weighted by Gasteiger charge is -2.36. The van der Waals surface area contributed by atoms with Crippen LogP contribution in [0.2, 0.25) is 0 Å². The molecule has 1 unspecified atom stereocenters.